The predicted octanol–water partition coefficient (Wildman–Crippen LogP) is 0.987. The summed E-state index contributed by atoms with van der Waals surface area (Å²) in [6.07, 6.45) is 0. The molecule has 6 heteroatoms. The number of aryl methyl sites for hydroxylation is 1. The van der Waals surface area contributed by atoms with Gasteiger partial charge >= 0.3 is 5.24 Å². The first-order chi connectivity index (χ1) is 6.35. The van der Waals surface area contributed by atoms with Crippen molar-refractivity contribution in [2.24, 2.45) is 5.73 Å². The molecule has 0 aliphatic carbocycles. The lowest BCUT2D eigenvalue weighted by Gasteiger charge is -2.01. The van der Waals surface area contributed by atoms with Crippen molar-refractivity contribution >= 4 is 15.1 Å². The number of benzene rings is 1. The Morgan fingerprint density at radius 3 is 2.43 bits per heavy atom. The van der Waals surface area contributed by atoms with E-state index in [0.29, 0.717) is 0 Å². The molecule has 0 radical (unpaired) electrons. The topological polar surface area (TPSA) is 77.2 Å². The highest BCUT2D eigenvalue weighted by Crippen LogP contribution is 2.15. The van der Waals surface area contributed by atoms with Crippen molar-refractivity contribution in [3.8, 4) is 0 Å². The highest BCUT2D eigenvalue weighted by molar-refractivity contribution is 8.06. The Balaban J connectivity index is 3.36. The van der Waals surface area contributed by atoms with Crippen molar-refractivity contribution in [3.63, 3.8) is 0 Å². The van der Waals surface area contributed by atoms with E-state index in [4.69, 9.17) is 0 Å². The molecule has 4 nitrogen and oxygen atoms in total. The van der Waals surface area contributed by atoms with E-state index in [0.717, 1.165) is 18.2 Å². The minimum absolute atomic E-state index is 0.146. The van der Waals surface area contributed by atoms with E-state index in [1.54, 1.807) is 0 Å². The minimum Gasteiger partial charge on any atom is -0.356 e. The lowest BCUT2D eigenvalue weighted by atomic mass is 10.2. The summed E-state index contributed by atoms with van der Waals surface area (Å²) in [6, 6.07) is 3.04. The van der Waals surface area contributed by atoms with Gasteiger partial charge in [0.2, 0.25) is 0 Å². The number of carbonyl (C=O) groups excluding carboxylic acids is 1. The van der Waals surface area contributed by atoms with Crippen LogP contribution >= 0.6 is 0 Å². The van der Waals surface area contributed by atoms with Crippen molar-refractivity contribution < 1.29 is 17.6 Å². The molecule has 0 aliphatic heterocycles. The number of rotatable bonds is 1. The Morgan fingerprint density at radius 2 is 2.00 bits per heavy atom. The Labute approximate surface area is 80.5 Å². The van der Waals surface area contributed by atoms with E-state index < -0.39 is 20.9 Å². The number of amides is 1. The Bertz CT molecular complexity index is 481. The molecule has 1 aromatic rings. The van der Waals surface area contributed by atoms with Gasteiger partial charge in [0.05, 0.1) is 4.90 Å². The summed E-state index contributed by atoms with van der Waals surface area (Å²) in [5.74, 6) is -0.534. The molecular weight excluding hydrogens is 209 g/mol. The first-order valence-electron chi connectivity index (χ1n) is 3.66. The quantitative estimate of drug-likeness (QED) is 0.712. The summed E-state index contributed by atoms with van der Waals surface area (Å²) < 4.78 is 35.2. The van der Waals surface area contributed by atoms with Crippen molar-refractivity contribution in [3.05, 3.63) is 29.6 Å². The second-order valence-electron chi connectivity index (χ2n) is 2.73. The molecule has 0 aliphatic rings. The molecule has 1 aromatic carbocycles. The van der Waals surface area contributed by atoms with Gasteiger partial charge in [0.25, 0.3) is 9.84 Å². The zero-order chi connectivity index (χ0) is 10.9. The standard InChI is InChI=1S/C8H8FNO3S/c1-5-4-6(2-3-7(5)9)14(12,13)8(10)11/h2-4H,1H3,(H2,10,11). The van der Waals surface area contributed by atoms with E-state index in [1.165, 1.54) is 6.92 Å². The molecule has 2 N–H and O–H groups in total. The molecule has 0 bridgehead atoms. The Hall–Kier alpha value is -1.43. The van der Waals surface area contributed by atoms with Crippen LogP contribution in [0.15, 0.2) is 23.1 Å². The molecule has 14 heavy (non-hydrogen) atoms. The van der Waals surface area contributed by atoms with Crippen LogP contribution in [0, 0.1) is 12.7 Å². The van der Waals surface area contributed by atoms with Gasteiger partial charge in [0.15, 0.2) is 0 Å². The predicted molar refractivity (Wildman–Crippen MR) is 47.9 cm³/mol. The first-order valence-corrected chi connectivity index (χ1v) is 5.14. The molecule has 0 aromatic heterocycles. The lowest BCUT2D eigenvalue weighted by Crippen LogP contribution is -2.21. The van der Waals surface area contributed by atoms with Crippen LogP contribution in [0.3, 0.4) is 0 Å². The average molecular weight is 217 g/mol. The molecule has 0 unspecified atom stereocenters. The summed E-state index contributed by atoms with van der Waals surface area (Å²) in [4.78, 5) is 10.3. The molecule has 1 rings (SSSR count). The van der Waals surface area contributed by atoms with Gasteiger partial charge in [-0.15, -0.1) is 0 Å². The van der Waals surface area contributed by atoms with E-state index in [9.17, 15) is 17.6 Å². The number of sulfone groups is 1. The number of hydrogen-bond donors (Lipinski definition) is 1. The van der Waals surface area contributed by atoms with Gasteiger partial charge in [-0.05, 0) is 30.7 Å². The lowest BCUT2D eigenvalue weighted by molar-refractivity contribution is 0.265. The molecule has 0 saturated heterocycles. The van der Waals surface area contributed by atoms with E-state index in [-0.39, 0.29) is 10.5 Å². The smallest absolute Gasteiger partial charge is 0.338 e. The van der Waals surface area contributed by atoms with Crippen molar-refractivity contribution in [1.29, 1.82) is 0 Å². The summed E-state index contributed by atoms with van der Waals surface area (Å²) in [5, 5.41) is -1.44. The summed E-state index contributed by atoms with van der Waals surface area (Å²) in [6.45, 7) is 1.40. The summed E-state index contributed by atoms with van der Waals surface area (Å²) >= 11 is 0. The highest BCUT2D eigenvalue weighted by Gasteiger charge is 2.21. The molecule has 0 fully saturated rings. The maximum atomic E-state index is 12.8. The van der Waals surface area contributed by atoms with Crippen molar-refractivity contribution in [1.82, 2.24) is 0 Å². The second kappa shape index (κ2) is 3.38. The minimum atomic E-state index is -4.14. The maximum absolute atomic E-state index is 12.8. The van der Waals surface area contributed by atoms with E-state index in [1.807, 2.05) is 0 Å². The SMILES string of the molecule is Cc1cc(S(=O)(=O)C(N)=O)ccc1F. The molecule has 76 valence electrons. The largest absolute Gasteiger partial charge is 0.356 e. The van der Waals surface area contributed by atoms with Crippen LogP contribution in [0.4, 0.5) is 9.18 Å². The third kappa shape index (κ3) is 1.74. The zero-order valence-electron chi connectivity index (χ0n) is 7.32. The number of nitrogens with two attached hydrogens (primary N) is 1. The first kappa shape index (κ1) is 10.6. The van der Waals surface area contributed by atoms with E-state index >= 15 is 0 Å². The Morgan fingerprint density at radius 1 is 1.43 bits per heavy atom. The zero-order valence-corrected chi connectivity index (χ0v) is 8.14. The molecular formula is C8H8FNO3S. The summed E-state index contributed by atoms with van der Waals surface area (Å²) in [5.41, 5.74) is 4.82. The van der Waals surface area contributed by atoms with Crippen LogP contribution < -0.4 is 5.73 Å². The van der Waals surface area contributed by atoms with Crippen molar-refractivity contribution in [2.45, 2.75) is 11.8 Å². The second-order valence-corrected chi connectivity index (χ2v) is 4.61. The maximum Gasteiger partial charge on any atom is 0.338 e. The fourth-order valence-corrected chi connectivity index (χ4v) is 1.71. The third-order valence-electron chi connectivity index (χ3n) is 1.70. The van der Waals surface area contributed by atoms with Gasteiger partial charge in [0.1, 0.15) is 5.82 Å². The van der Waals surface area contributed by atoms with Crippen LogP contribution in [-0.2, 0) is 9.84 Å². The average Bonchev–Trinajstić information content (AvgIpc) is 2.09. The van der Waals surface area contributed by atoms with E-state index in [2.05, 4.69) is 5.73 Å². The normalized spacial score (nSPS) is 11.3. The van der Waals surface area contributed by atoms with Gasteiger partial charge < -0.3 is 5.73 Å². The van der Waals surface area contributed by atoms with Crippen LogP contribution in [0.1, 0.15) is 5.56 Å². The number of hydrogen-bond acceptors (Lipinski definition) is 3. The van der Waals surface area contributed by atoms with Gasteiger partial charge in [-0.25, -0.2) is 12.8 Å². The highest BCUT2D eigenvalue weighted by atomic mass is 32.2. The molecule has 0 spiro atoms. The third-order valence-corrected chi connectivity index (χ3v) is 3.11. The van der Waals surface area contributed by atoms with Gasteiger partial charge in [-0.3, -0.25) is 4.79 Å². The van der Waals surface area contributed by atoms with Crippen LogP contribution in [0.5, 0.6) is 0 Å². The van der Waals surface area contributed by atoms with Crippen LogP contribution in [-0.4, -0.2) is 13.7 Å². The van der Waals surface area contributed by atoms with Crippen LogP contribution in [0.2, 0.25) is 0 Å². The molecule has 0 heterocycles. The van der Waals surface area contributed by atoms with Crippen molar-refractivity contribution in [2.75, 3.05) is 0 Å². The van der Waals surface area contributed by atoms with Crippen LogP contribution in [0.25, 0.3) is 0 Å². The fourth-order valence-electron chi connectivity index (χ4n) is 0.900. The van der Waals surface area contributed by atoms with Gasteiger partial charge in [-0.1, -0.05) is 0 Å². The van der Waals surface area contributed by atoms with Gasteiger partial charge in [-0.2, -0.15) is 0 Å². The Kier molecular flexibility index (Phi) is 2.57. The molecule has 0 atom stereocenters. The summed E-state index contributed by atoms with van der Waals surface area (Å²) in [7, 11) is -4.14. The number of carbonyl (C=O) groups is 1. The molecule has 0 saturated carbocycles. The van der Waals surface area contributed by atoms with Gasteiger partial charge in [0, 0.05) is 0 Å². The number of primary amides is 1. The fraction of sp³-hybridized carbons (Fsp3) is 0.125. The monoisotopic (exact) mass is 217 g/mol. The number of halogens is 1. The molecule has 1 amide bonds.